The smallest absolute Gasteiger partial charge is 0.269 e. The molecule has 0 aliphatic carbocycles. The molecule has 1 saturated heterocycles. The van der Waals surface area contributed by atoms with E-state index in [-0.39, 0.29) is 34.3 Å². The highest BCUT2D eigenvalue weighted by Gasteiger charge is 2.21. The van der Waals surface area contributed by atoms with Gasteiger partial charge >= 0.3 is 0 Å². The van der Waals surface area contributed by atoms with E-state index in [1.807, 2.05) is 35.2 Å². The van der Waals surface area contributed by atoms with Gasteiger partial charge in [0.25, 0.3) is 11.6 Å². The molecule has 0 saturated carbocycles. The van der Waals surface area contributed by atoms with Crippen molar-refractivity contribution < 1.29 is 14.5 Å². The second kappa shape index (κ2) is 10.6. The topological polar surface area (TPSA) is 95.8 Å². The molecule has 0 bridgehead atoms. The number of hydrogen-bond acceptors (Lipinski definition) is 5. The zero-order valence-corrected chi connectivity index (χ0v) is 19.5. The van der Waals surface area contributed by atoms with Crippen LogP contribution in [0.4, 0.5) is 5.69 Å². The number of piperazine rings is 1. The van der Waals surface area contributed by atoms with Crippen molar-refractivity contribution in [2.75, 3.05) is 32.7 Å². The summed E-state index contributed by atoms with van der Waals surface area (Å²) in [5.74, 6) is -0.154. The Morgan fingerprint density at radius 2 is 1.70 bits per heavy atom. The normalized spacial score (nSPS) is 14.7. The number of carbonyl (C=O) groups is 2. The monoisotopic (exact) mass is 452 g/mol. The molecular weight excluding hydrogens is 420 g/mol. The summed E-state index contributed by atoms with van der Waals surface area (Å²) >= 11 is 0. The number of non-ortho nitro benzene ring substituents is 1. The largest absolute Gasteiger partial charge is 0.352 e. The van der Waals surface area contributed by atoms with E-state index in [0.29, 0.717) is 44.8 Å². The molecule has 3 rings (SSSR count). The van der Waals surface area contributed by atoms with Crippen LogP contribution in [0.15, 0.2) is 48.5 Å². The Bertz CT molecular complexity index is 990. The number of amides is 2. The average molecular weight is 453 g/mol. The minimum absolute atomic E-state index is 0.0216. The Labute approximate surface area is 194 Å². The van der Waals surface area contributed by atoms with Gasteiger partial charge < -0.3 is 10.2 Å². The van der Waals surface area contributed by atoms with Crippen LogP contribution in [0.1, 0.15) is 48.7 Å². The van der Waals surface area contributed by atoms with Crippen molar-refractivity contribution in [2.45, 2.75) is 39.2 Å². The molecule has 1 heterocycles. The van der Waals surface area contributed by atoms with Gasteiger partial charge in [0, 0.05) is 63.4 Å². The zero-order valence-electron chi connectivity index (χ0n) is 19.5. The van der Waals surface area contributed by atoms with Gasteiger partial charge in [0.05, 0.1) is 4.92 Å². The van der Waals surface area contributed by atoms with Crippen LogP contribution < -0.4 is 5.32 Å². The van der Waals surface area contributed by atoms with Crippen LogP contribution in [0.2, 0.25) is 0 Å². The highest BCUT2D eigenvalue weighted by molar-refractivity contribution is 5.94. The first-order valence-electron chi connectivity index (χ1n) is 11.3. The van der Waals surface area contributed by atoms with E-state index in [1.165, 1.54) is 11.6 Å². The molecule has 0 radical (unpaired) electrons. The molecule has 8 nitrogen and oxygen atoms in total. The first-order valence-corrected chi connectivity index (χ1v) is 11.3. The Morgan fingerprint density at radius 1 is 1.03 bits per heavy atom. The maximum absolute atomic E-state index is 12.5. The summed E-state index contributed by atoms with van der Waals surface area (Å²) in [5.41, 5.74) is 2.77. The summed E-state index contributed by atoms with van der Waals surface area (Å²) in [6.07, 6.45) is 0.261. The van der Waals surface area contributed by atoms with Crippen LogP contribution in [0.25, 0.3) is 0 Å². The zero-order chi connectivity index (χ0) is 24.0. The van der Waals surface area contributed by atoms with Crippen LogP contribution in [0.3, 0.4) is 0 Å². The lowest BCUT2D eigenvalue weighted by Crippen LogP contribution is -2.48. The standard InChI is InChI=1S/C25H32N4O4/c1-25(2,3)21-9-7-20(8-10-21)24(31)26-12-11-23(30)28-15-13-27(14-16-28)18-19-5-4-6-22(17-19)29(32)33/h4-10,17H,11-16,18H2,1-3H3,(H,26,31). The summed E-state index contributed by atoms with van der Waals surface area (Å²) in [4.78, 5) is 39.5. The molecule has 1 N–H and O–H groups in total. The minimum atomic E-state index is -0.389. The van der Waals surface area contributed by atoms with Crippen LogP contribution in [0, 0.1) is 10.1 Å². The van der Waals surface area contributed by atoms with Crippen molar-refractivity contribution in [3.8, 4) is 0 Å². The number of rotatable bonds is 7. The Hall–Kier alpha value is -3.26. The molecule has 0 spiro atoms. The van der Waals surface area contributed by atoms with E-state index in [9.17, 15) is 19.7 Å². The average Bonchev–Trinajstić information content (AvgIpc) is 2.79. The van der Waals surface area contributed by atoms with Gasteiger partial charge in [-0.05, 0) is 28.7 Å². The van der Waals surface area contributed by atoms with Gasteiger partial charge in [-0.1, -0.05) is 45.0 Å². The van der Waals surface area contributed by atoms with Crippen LogP contribution in [0.5, 0.6) is 0 Å². The Kier molecular flexibility index (Phi) is 7.81. The molecule has 2 aromatic carbocycles. The Morgan fingerprint density at radius 3 is 2.30 bits per heavy atom. The fourth-order valence-corrected chi connectivity index (χ4v) is 3.85. The number of benzene rings is 2. The highest BCUT2D eigenvalue weighted by Crippen LogP contribution is 2.22. The molecule has 2 aromatic rings. The third-order valence-corrected chi connectivity index (χ3v) is 5.89. The molecule has 0 unspecified atom stereocenters. The molecule has 0 atom stereocenters. The number of nitro groups is 1. The van der Waals surface area contributed by atoms with Crippen molar-refractivity contribution >= 4 is 17.5 Å². The molecule has 33 heavy (non-hydrogen) atoms. The second-order valence-corrected chi connectivity index (χ2v) is 9.42. The molecule has 2 amide bonds. The first-order chi connectivity index (χ1) is 15.6. The third-order valence-electron chi connectivity index (χ3n) is 5.89. The van der Waals surface area contributed by atoms with Crippen LogP contribution >= 0.6 is 0 Å². The molecule has 1 aliphatic heterocycles. The second-order valence-electron chi connectivity index (χ2n) is 9.42. The van der Waals surface area contributed by atoms with Gasteiger partial charge in [-0.3, -0.25) is 24.6 Å². The predicted molar refractivity (Wildman–Crippen MR) is 127 cm³/mol. The molecule has 176 valence electrons. The summed E-state index contributed by atoms with van der Waals surface area (Å²) in [5, 5.41) is 13.8. The molecule has 1 aliphatic rings. The SMILES string of the molecule is CC(C)(C)c1ccc(C(=O)NCCC(=O)N2CCN(Cc3cccc([N+](=O)[O-])c3)CC2)cc1. The molecule has 0 aromatic heterocycles. The van der Waals surface area contributed by atoms with Gasteiger partial charge in [0.15, 0.2) is 0 Å². The molecule has 8 heteroatoms. The lowest BCUT2D eigenvalue weighted by Gasteiger charge is -2.34. The lowest BCUT2D eigenvalue weighted by molar-refractivity contribution is -0.384. The number of hydrogen-bond donors (Lipinski definition) is 1. The summed E-state index contributed by atoms with van der Waals surface area (Å²) < 4.78 is 0. The van der Waals surface area contributed by atoms with Gasteiger partial charge in [-0.15, -0.1) is 0 Å². The van der Waals surface area contributed by atoms with E-state index >= 15 is 0 Å². The first kappa shape index (κ1) is 24.4. The Balaban J connectivity index is 1.40. The summed E-state index contributed by atoms with van der Waals surface area (Å²) in [7, 11) is 0. The number of nitrogens with zero attached hydrogens (tertiary/aromatic N) is 3. The van der Waals surface area contributed by atoms with Crippen molar-refractivity contribution in [3.63, 3.8) is 0 Å². The maximum Gasteiger partial charge on any atom is 0.269 e. The van der Waals surface area contributed by atoms with E-state index in [0.717, 1.165) is 5.56 Å². The van der Waals surface area contributed by atoms with Gasteiger partial charge in [0.1, 0.15) is 0 Å². The minimum Gasteiger partial charge on any atom is -0.352 e. The van der Waals surface area contributed by atoms with Crippen molar-refractivity contribution in [1.29, 1.82) is 0 Å². The van der Waals surface area contributed by atoms with Crippen molar-refractivity contribution in [3.05, 3.63) is 75.3 Å². The molecular formula is C25H32N4O4. The summed E-state index contributed by atoms with van der Waals surface area (Å²) in [6.45, 7) is 9.93. The van der Waals surface area contributed by atoms with Gasteiger partial charge in [0.2, 0.25) is 5.91 Å². The van der Waals surface area contributed by atoms with Gasteiger partial charge in [-0.2, -0.15) is 0 Å². The quantitative estimate of drug-likeness (QED) is 0.513. The van der Waals surface area contributed by atoms with Crippen molar-refractivity contribution in [2.24, 2.45) is 0 Å². The van der Waals surface area contributed by atoms with E-state index in [1.54, 1.807) is 12.1 Å². The highest BCUT2D eigenvalue weighted by atomic mass is 16.6. The summed E-state index contributed by atoms with van der Waals surface area (Å²) in [6, 6.07) is 14.2. The van der Waals surface area contributed by atoms with E-state index < -0.39 is 0 Å². The lowest BCUT2D eigenvalue weighted by atomic mass is 9.87. The molecule has 1 fully saturated rings. The fraction of sp³-hybridized carbons (Fsp3) is 0.440. The van der Waals surface area contributed by atoms with E-state index in [4.69, 9.17) is 0 Å². The number of nitrogens with one attached hydrogen (secondary N) is 1. The fourth-order valence-electron chi connectivity index (χ4n) is 3.85. The maximum atomic E-state index is 12.5. The predicted octanol–water partition coefficient (Wildman–Crippen LogP) is 3.36. The van der Waals surface area contributed by atoms with Crippen LogP contribution in [-0.4, -0.2) is 59.3 Å². The van der Waals surface area contributed by atoms with Gasteiger partial charge in [-0.25, -0.2) is 0 Å². The number of nitro benzene ring substituents is 1. The van der Waals surface area contributed by atoms with E-state index in [2.05, 4.69) is 31.0 Å². The number of carbonyl (C=O) groups excluding carboxylic acids is 2. The third kappa shape index (κ3) is 6.86. The van der Waals surface area contributed by atoms with Crippen molar-refractivity contribution in [1.82, 2.24) is 15.1 Å². The van der Waals surface area contributed by atoms with Crippen LogP contribution in [-0.2, 0) is 16.8 Å².